The Bertz CT molecular complexity index is 692. The van der Waals surface area contributed by atoms with Crippen molar-refractivity contribution < 1.29 is 14.4 Å². The number of nitrogens with one attached hydrogen (secondary N) is 1. The molecule has 1 unspecified atom stereocenters. The van der Waals surface area contributed by atoms with Gasteiger partial charge in [0.25, 0.3) is 0 Å². The van der Waals surface area contributed by atoms with Gasteiger partial charge in [-0.1, -0.05) is 30.0 Å². The SMILES string of the molecule is CC(=O)/N=C1/SC(c2ccc(NC(C)=O)cc2)=CC1C(N)=O. The van der Waals surface area contributed by atoms with Gasteiger partial charge in [0.2, 0.25) is 17.7 Å². The molecule has 3 amide bonds. The molecule has 1 aliphatic rings. The fourth-order valence-corrected chi connectivity index (χ4v) is 3.13. The van der Waals surface area contributed by atoms with Crippen LogP contribution in [0.2, 0.25) is 0 Å². The minimum atomic E-state index is -0.682. The summed E-state index contributed by atoms with van der Waals surface area (Å²) in [5, 5.41) is 3.07. The number of carbonyl (C=O) groups is 3. The van der Waals surface area contributed by atoms with Gasteiger partial charge in [0.1, 0.15) is 5.92 Å². The Kier molecular flexibility index (Phi) is 4.77. The number of benzene rings is 1. The molecule has 0 aromatic heterocycles. The summed E-state index contributed by atoms with van der Waals surface area (Å²) >= 11 is 1.25. The van der Waals surface area contributed by atoms with Crippen molar-refractivity contribution in [3.63, 3.8) is 0 Å². The zero-order valence-electron chi connectivity index (χ0n) is 12.1. The summed E-state index contributed by atoms with van der Waals surface area (Å²) in [5.74, 6) is -1.74. The zero-order chi connectivity index (χ0) is 16.3. The molecule has 7 heteroatoms. The summed E-state index contributed by atoms with van der Waals surface area (Å²) in [7, 11) is 0. The van der Waals surface area contributed by atoms with E-state index in [1.165, 1.54) is 25.6 Å². The van der Waals surface area contributed by atoms with E-state index in [-0.39, 0.29) is 11.8 Å². The highest BCUT2D eigenvalue weighted by Gasteiger charge is 2.29. The molecular formula is C15H15N3O3S. The van der Waals surface area contributed by atoms with Crippen LogP contribution in [0.15, 0.2) is 35.3 Å². The summed E-state index contributed by atoms with van der Waals surface area (Å²) in [6.07, 6.45) is 1.70. The molecule has 0 spiro atoms. The number of amides is 3. The van der Waals surface area contributed by atoms with Gasteiger partial charge in [-0.3, -0.25) is 14.4 Å². The lowest BCUT2D eigenvalue weighted by Crippen LogP contribution is -2.25. The number of rotatable bonds is 3. The smallest absolute Gasteiger partial charge is 0.243 e. The standard InChI is InChI=1S/C15H15N3O3S/c1-8(19)17-11-5-3-10(4-6-11)13-7-12(14(16)21)15(22-13)18-9(2)20/h3-7,12H,1-2H3,(H2,16,21)(H,17,19)/b18-15+. The quantitative estimate of drug-likeness (QED) is 0.887. The number of hydrogen-bond donors (Lipinski definition) is 2. The monoisotopic (exact) mass is 317 g/mol. The van der Waals surface area contributed by atoms with Gasteiger partial charge in [-0.15, -0.1) is 0 Å². The number of nitrogens with zero attached hydrogens (tertiary/aromatic N) is 1. The number of hydrogen-bond acceptors (Lipinski definition) is 4. The highest BCUT2D eigenvalue weighted by molar-refractivity contribution is 8.22. The third kappa shape index (κ3) is 3.82. The van der Waals surface area contributed by atoms with Crippen LogP contribution in [-0.4, -0.2) is 22.8 Å². The molecule has 0 radical (unpaired) electrons. The molecule has 3 N–H and O–H groups in total. The zero-order valence-corrected chi connectivity index (χ0v) is 12.9. The van der Waals surface area contributed by atoms with Gasteiger partial charge in [0, 0.05) is 24.4 Å². The minimum absolute atomic E-state index is 0.146. The predicted molar refractivity (Wildman–Crippen MR) is 87.1 cm³/mol. The molecule has 114 valence electrons. The summed E-state index contributed by atoms with van der Waals surface area (Å²) in [6, 6.07) is 7.16. The van der Waals surface area contributed by atoms with E-state index in [4.69, 9.17) is 5.73 Å². The van der Waals surface area contributed by atoms with E-state index in [9.17, 15) is 14.4 Å². The fourth-order valence-electron chi connectivity index (χ4n) is 1.96. The lowest BCUT2D eigenvalue weighted by atomic mass is 10.1. The molecule has 1 heterocycles. The highest BCUT2D eigenvalue weighted by Crippen LogP contribution is 2.39. The van der Waals surface area contributed by atoms with Crippen LogP contribution in [0.3, 0.4) is 0 Å². The molecule has 2 rings (SSSR count). The molecule has 0 saturated carbocycles. The van der Waals surface area contributed by atoms with Crippen molar-refractivity contribution in [2.45, 2.75) is 13.8 Å². The second-order valence-electron chi connectivity index (χ2n) is 4.74. The average Bonchev–Trinajstić information content (AvgIpc) is 2.82. The van der Waals surface area contributed by atoms with Crippen molar-refractivity contribution in [1.29, 1.82) is 0 Å². The number of primary amides is 1. The summed E-state index contributed by atoms with van der Waals surface area (Å²) in [4.78, 5) is 38.3. The average molecular weight is 317 g/mol. The van der Waals surface area contributed by atoms with Crippen molar-refractivity contribution >= 4 is 45.1 Å². The Morgan fingerprint density at radius 1 is 1.18 bits per heavy atom. The summed E-state index contributed by atoms with van der Waals surface area (Å²) in [6.45, 7) is 2.76. The van der Waals surface area contributed by atoms with Crippen molar-refractivity contribution in [2.75, 3.05) is 5.32 Å². The molecule has 1 aliphatic heterocycles. The van der Waals surface area contributed by atoms with E-state index in [0.29, 0.717) is 10.7 Å². The molecule has 1 aromatic rings. The molecule has 0 aliphatic carbocycles. The lowest BCUT2D eigenvalue weighted by Gasteiger charge is -2.05. The van der Waals surface area contributed by atoms with E-state index in [0.717, 1.165) is 10.5 Å². The Balaban J connectivity index is 2.25. The number of nitrogens with two attached hydrogens (primary N) is 1. The Hall–Kier alpha value is -2.41. The topological polar surface area (TPSA) is 102 Å². The highest BCUT2D eigenvalue weighted by atomic mass is 32.2. The largest absolute Gasteiger partial charge is 0.369 e. The van der Waals surface area contributed by atoms with Crippen molar-refractivity contribution in [3.05, 3.63) is 35.9 Å². The van der Waals surface area contributed by atoms with Gasteiger partial charge >= 0.3 is 0 Å². The molecule has 6 nitrogen and oxygen atoms in total. The van der Waals surface area contributed by atoms with Crippen LogP contribution in [0.1, 0.15) is 19.4 Å². The van der Waals surface area contributed by atoms with Gasteiger partial charge in [-0.25, -0.2) is 4.99 Å². The Morgan fingerprint density at radius 2 is 1.82 bits per heavy atom. The van der Waals surface area contributed by atoms with Crippen LogP contribution in [0.25, 0.3) is 4.91 Å². The van der Waals surface area contributed by atoms with E-state index < -0.39 is 11.8 Å². The first-order valence-corrected chi connectivity index (χ1v) is 7.34. The van der Waals surface area contributed by atoms with E-state index in [1.807, 2.05) is 12.1 Å². The van der Waals surface area contributed by atoms with Crippen LogP contribution in [0.4, 0.5) is 5.69 Å². The first kappa shape index (κ1) is 16.0. The lowest BCUT2D eigenvalue weighted by molar-refractivity contribution is -0.118. The Morgan fingerprint density at radius 3 is 2.32 bits per heavy atom. The van der Waals surface area contributed by atoms with Crippen LogP contribution < -0.4 is 11.1 Å². The number of anilines is 1. The molecule has 1 aromatic carbocycles. The molecule has 0 saturated heterocycles. The first-order valence-electron chi connectivity index (χ1n) is 6.53. The third-order valence-corrected chi connectivity index (χ3v) is 4.01. The van der Waals surface area contributed by atoms with Crippen LogP contribution in [-0.2, 0) is 14.4 Å². The number of carbonyl (C=O) groups excluding carboxylic acids is 3. The number of aliphatic imine (C=N–C) groups is 1. The Labute approximate surface area is 131 Å². The van der Waals surface area contributed by atoms with Gasteiger partial charge in [0.15, 0.2) is 0 Å². The molecule has 22 heavy (non-hydrogen) atoms. The second kappa shape index (κ2) is 6.57. The van der Waals surface area contributed by atoms with Gasteiger partial charge in [0.05, 0.1) is 5.04 Å². The van der Waals surface area contributed by atoms with Gasteiger partial charge < -0.3 is 11.1 Å². The van der Waals surface area contributed by atoms with E-state index in [1.54, 1.807) is 18.2 Å². The van der Waals surface area contributed by atoms with Gasteiger partial charge in [-0.05, 0) is 17.7 Å². The third-order valence-electron chi connectivity index (χ3n) is 2.86. The normalized spacial score (nSPS) is 18.9. The predicted octanol–water partition coefficient (Wildman–Crippen LogP) is 1.78. The van der Waals surface area contributed by atoms with Crippen LogP contribution in [0.5, 0.6) is 0 Å². The second-order valence-corrected chi connectivity index (χ2v) is 5.80. The van der Waals surface area contributed by atoms with Crippen molar-refractivity contribution in [1.82, 2.24) is 0 Å². The molecule has 0 fully saturated rings. The maximum Gasteiger partial charge on any atom is 0.243 e. The van der Waals surface area contributed by atoms with Gasteiger partial charge in [-0.2, -0.15) is 0 Å². The summed E-state index contributed by atoms with van der Waals surface area (Å²) < 4.78 is 0. The van der Waals surface area contributed by atoms with Crippen LogP contribution in [0, 0.1) is 5.92 Å². The summed E-state index contributed by atoms with van der Waals surface area (Å²) in [5.41, 5.74) is 6.89. The maximum atomic E-state index is 11.5. The van der Waals surface area contributed by atoms with Crippen LogP contribution >= 0.6 is 11.8 Å². The number of thioether (sulfide) groups is 1. The van der Waals surface area contributed by atoms with Crippen molar-refractivity contribution in [2.24, 2.45) is 16.6 Å². The molecular weight excluding hydrogens is 302 g/mol. The van der Waals surface area contributed by atoms with Crippen molar-refractivity contribution in [3.8, 4) is 0 Å². The minimum Gasteiger partial charge on any atom is -0.369 e. The first-order chi connectivity index (χ1) is 10.4. The van der Waals surface area contributed by atoms with E-state index >= 15 is 0 Å². The maximum absolute atomic E-state index is 11.5. The van der Waals surface area contributed by atoms with E-state index in [2.05, 4.69) is 10.3 Å². The molecule has 1 atom stereocenters. The molecule has 0 bridgehead atoms. The fraction of sp³-hybridized carbons (Fsp3) is 0.200.